The molecule has 0 bridgehead atoms. The van der Waals surface area contributed by atoms with Crippen molar-refractivity contribution < 1.29 is 19.1 Å². The van der Waals surface area contributed by atoms with Crippen molar-refractivity contribution in [2.45, 2.75) is 41.5 Å². The van der Waals surface area contributed by atoms with Crippen molar-refractivity contribution in [3.05, 3.63) is 45.0 Å². The highest BCUT2D eigenvalue weighted by Gasteiger charge is 2.18. The van der Waals surface area contributed by atoms with Gasteiger partial charge in [0, 0.05) is 10.6 Å². The SMILES string of the molecule is CCOC(=O)c1cc(C)c(C)c(-c2pc(C(=O)OCC)cc(C)c2C)p1. The Kier molecular flexibility index (Phi) is 6.92. The maximum Gasteiger partial charge on any atom is 0.342 e. The van der Waals surface area contributed by atoms with Gasteiger partial charge in [0.25, 0.3) is 0 Å². The summed E-state index contributed by atoms with van der Waals surface area (Å²) in [6, 6.07) is 3.79. The van der Waals surface area contributed by atoms with E-state index in [9.17, 15) is 9.59 Å². The summed E-state index contributed by atoms with van der Waals surface area (Å²) in [6.07, 6.45) is 0. The molecule has 0 aliphatic carbocycles. The zero-order chi connectivity index (χ0) is 19.4. The molecule has 2 aromatic rings. The fourth-order valence-corrected chi connectivity index (χ4v) is 5.40. The maximum atomic E-state index is 12.2. The van der Waals surface area contributed by atoms with Gasteiger partial charge < -0.3 is 9.47 Å². The summed E-state index contributed by atoms with van der Waals surface area (Å²) in [7, 11) is 1.64. The molecule has 0 N–H and O–H groups in total. The fraction of sp³-hybridized carbons (Fsp3) is 0.400. The number of rotatable bonds is 5. The number of carbonyl (C=O) groups excluding carboxylic acids is 2. The second kappa shape index (κ2) is 8.75. The summed E-state index contributed by atoms with van der Waals surface area (Å²) in [4.78, 5) is 24.5. The first-order chi connectivity index (χ1) is 12.3. The van der Waals surface area contributed by atoms with Crippen LogP contribution in [-0.2, 0) is 9.47 Å². The number of aryl methyl sites for hydroxylation is 2. The van der Waals surface area contributed by atoms with Gasteiger partial charge in [0.05, 0.1) is 23.8 Å². The summed E-state index contributed by atoms with van der Waals surface area (Å²) in [6.45, 7) is 12.4. The Morgan fingerprint density at radius 1 is 0.769 bits per heavy atom. The van der Waals surface area contributed by atoms with Crippen LogP contribution in [0.5, 0.6) is 0 Å². The van der Waals surface area contributed by atoms with Crippen LogP contribution < -0.4 is 0 Å². The lowest BCUT2D eigenvalue weighted by molar-refractivity contribution is 0.0522. The minimum absolute atomic E-state index is 0.286. The molecule has 6 heteroatoms. The maximum absolute atomic E-state index is 12.2. The van der Waals surface area contributed by atoms with Crippen LogP contribution in [0.25, 0.3) is 10.6 Å². The molecule has 0 aromatic carbocycles. The van der Waals surface area contributed by atoms with Gasteiger partial charge in [-0.2, -0.15) is 0 Å². The summed E-state index contributed by atoms with van der Waals surface area (Å²) >= 11 is 0. The number of hydrogen-bond donors (Lipinski definition) is 0. The average Bonchev–Trinajstić information content (AvgIpc) is 2.60. The molecule has 0 amide bonds. The van der Waals surface area contributed by atoms with E-state index in [1.807, 2.05) is 26.0 Å². The van der Waals surface area contributed by atoms with E-state index in [1.54, 1.807) is 13.8 Å². The molecule has 0 saturated heterocycles. The van der Waals surface area contributed by atoms with E-state index >= 15 is 0 Å². The second-order valence-corrected chi connectivity index (χ2v) is 8.34. The van der Waals surface area contributed by atoms with E-state index in [1.165, 1.54) is 0 Å². The van der Waals surface area contributed by atoms with Crippen LogP contribution in [-0.4, -0.2) is 25.2 Å². The van der Waals surface area contributed by atoms with Crippen LogP contribution in [0.2, 0.25) is 0 Å². The fourth-order valence-electron chi connectivity index (χ4n) is 2.55. The number of carbonyl (C=O) groups is 2. The largest absolute Gasteiger partial charge is 0.462 e. The predicted octanol–water partition coefficient (Wildman–Crippen LogP) is 6.10. The summed E-state index contributed by atoms with van der Waals surface area (Å²) < 4.78 is 10.4. The molecule has 2 heterocycles. The van der Waals surface area contributed by atoms with E-state index in [-0.39, 0.29) is 11.9 Å². The molecule has 26 heavy (non-hydrogen) atoms. The zero-order valence-electron chi connectivity index (χ0n) is 16.1. The first-order valence-corrected chi connectivity index (χ1v) is 10.4. The molecule has 0 aliphatic rings. The van der Waals surface area contributed by atoms with Crippen molar-refractivity contribution in [2.75, 3.05) is 13.2 Å². The molecular weight excluding hydrogens is 366 g/mol. The van der Waals surface area contributed by atoms with Crippen molar-refractivity contribution in [1.29, 1.82) is 0 Å². The molecule has 0 atom stereocenters. The molecular formula is C20H24O4P2. The second-order valence-electron chi connectivity index (χ2n) is 6.04. The van der Waals surface area contributed by atoms with Gasteiger partial charge in [-0.05, 0) is 75.9 Å². The number of hydrogen-bond acceptors (Lipinski definition) is 4. The van der Waals surface area contributed by atoms with Crippen LogP contribution in [0.15, 0.2) is 12.1 Å². The first-order valence-electron chi connectivity index (χ1n) is 8.61. The zero-order valence-corrected chi connectivity index (χ0v) is 17.9. The minimum atomic E-state index is -0.286. The highest BCUT2D eigenvalue weighted by molar-refractivity contribution is 7.42. The van der Waals surface area contributed by atoms with Crippen LogP contribution in [0.4, 0.5) is 0 Å². The van der Waals surface area contributed by atoms with Crippen LogP contribution in [0.3, 0.4) is 0 Å². The van der Waals surface area contributed by atoms with Crippen LogP contribution in [0.1, 0.15) is 56.3 Å². The summed E-state index contributed by atoms with van der Waals surface area (Å²) in [5.74, 6) is -0.572. The van der Waals surface area contributed by atoms with E-state index in [0.717, 1.165) is 49.2 Å². The van der Waals surface area contributed by atoms with Gasteiger partial charge in [-0.3, -0.25) is 0 Å². The Morgan fingerprint density at radius 2 is 1.12 bits per heavy atom. The first kappa shape index (κ1) is 20.6. The lowest BCUT2D eigenvalue weighted by Gasteiger charge is -2.15. The molecule has 0 saturated carbocycles. The van der Waals surface area contributed by atoms with Crippen LogP contribution in [0, 0.1) is 27.7 Å². The summed E-state index contributed by atoms with van der Waals surface area (Å²) in [5.41, 5.74) is 4.36. The number of ether oxygens (including phenoxy) is 2. The molecule has 4 nitrogen and oxygen atoms in total. The molecule has 138 valence electrons. The quantitative estimate of drug-likeness (QED) is 0.579. The Bertz CT molecular complexity index is 788. The van der Waals surface area contributed by atoms with Gasteiger partial charge in [-0.25, -0.2) is 9.59 Å². The van der Waals surface area contributed by atoms with Gasteiger partial charge in [0.2, 0.25) is 0 Å². The van der Waals surface area contributed by atoms with Crippen molar-refractivity contribution in [2.24, 2.45) is 0 Å². The highest BCUT2D eigenvalue weighted by atomic mass is 31.0. The molecule has 2 rings (SSSR count). The molecule has 0 unspecified atom stereocenters. The van der Waals surface area contributed by atoms with E-state index < -0.39 is 0 Å². The third-order valence-electron chi connectivity index (χ3n) is 4.26. The molecule has 2 aromatic heterocycles. The van der Waals surface area contributed by atoms with Crippen molar-refractivity contribution >= 4 is 28.3 Å². The van der Waals surface area contributed by atoms with Crippen molar-refractivity contribution in [3.63, 3.8) is 0 Å². The van der Waals surface area contributed by atoms with Gasteiger partial charge in [-0.1, -0.05) is 16.4 Å². The average molecular weight is 390 g/mol. The smallest absolute Gasteiger partial charge is 0.342 e. The van der Waals surface area contributed by atoms with Crippen molar-refractivity contribution in [3.8, 4) is 10.6 Å². The Labute approximate surface area is 158 Å². The normalized spacial score (nSPS) is 11.2. The third kappa shape index (κ3) is 4.31. The molecule has 0 radical (unpaired) electrons. The minimum Gasteiger partial charge on any atom is -0.462 e. The third-order valence-corrected chi connectivity index (χ3v) is 7.10. The van der Waals surface area contributed by atoms with Gasteiger partial charge in [-0.15, -0.1) is 0 Å². The highest BCUT2D eigenvalue weighted by Crippen LogP contribution is 2.44. The molecule has 0 aliphatic heterocycles. The van der Waals surface area contributed by atoms with Crippen LogP contribution >= 0.6 is 16.4 Å². The van der Waals surface area contributed by atoms with E-state index in [2.05, 4.69) is 13.8 Å². The van der Waals surface area contributed by atoms with Crippen molar-refractivity contribution in [1.82, 2.24) is 0 Å². The predicted molar refractivity (Wildman–Crippen MR) is 108 cm³/mol. The summed E-state index contributed by atoms with van der Waals surface area (Å²) in [5, 5.41) is 3.40. The topological polar surface area (TPSA) is 52.6 Å². The lowest BCUT2D eigenvalue weighted by atomic mass is 10.1. The van der Waals surface area contributed by atoms with Gasteiger partial charge in [0.1, 0.15) is 0 Å². The Balaban J connectivity index is 2.67. The standard InChI is InChI=1S/C20H24O4P2/c1-7-23-19(21)15-9-11(3)13(5)17(25-15)18-14(6)12(4)10-16(26-18)20(22)24-8-2/h9-10H,7-8H2,1-6H3. The molecule has 0 fully saturated rings. The Morgan fingerprint density at radius 3 is 1.42 bits per heavy atom. The van der Waals surface area contributed by atoms with Gasteiger partial charge in [0.15, 0.2) is 0 Å². The number of esters is 2. The Hall–Kier alpha value is -1.76. The molecule has 0 spiro atoms. The lowest BCUT2D eigenvalue weighted by Crippen LogP contribution is -2.05. The van der Waals surface area contributed by atoms with Gasteiger partial charge >= 0.3 is 11.9 Å². The van der Waals surface area contributed by atoms with E-state index in [0.29, 0.717) is 23.8 Å². The van der Waals surface area contributed by atoms with E-state index in [4.69, 9.17) is 9.47 Å². The monoisotopic (exact) mass is 390 g/mol.